The number of thiocarbonyl (C=S) groups is 1. The smallest absolute Gasteiger partial charge is 0.220 e. The largest absolute Gasteiger partial charge is 0.479 e. The van der Waals surface area contributed by atoms with Crippen LogP contribution in [0.3, 0.4) is 0 Å². The molecule has 0 aromatic heterocycles. The minimum atomic E-state index is -1.25. The molecule has 0 amide bonds. The molecule has 0 fully saturated rings. The molecule has 1 unspecified atom stereocenters. The van der Waals surface area contributed by atoms with Crippen molar-refractivity contribution in [3.63, 3.8) is 0 Å². The van der Waals surface area contributed by atoms with Gasteiger partial charge in [-0.1, -0.05) is 75.1 Å². The van der Waals surface area contributed by atoms with Crippen LogP contribution >= 0.6 is 24.0 Å². The molecule has 1 aromatic rings. The van der Waals surface area contributed by atoms with Gasteiger partial charge in [0.15, 0.2) is 11.1 Å². The predicted octanol–water partition coefficient (Wildman–Crippen LogP) is 5.78. The second-order valence-electron chi connectivity index (χ2n) is 5.83. The van der Waals surface area contributed by atoms with E-state index in [1.54, 1.807) is 0 Å². The lowest BCUT2D eigenvalue weighted by Gasteiger charge is -2.06. The van der Waals surface area contributed by atoms with Crippen LogP contribution in [0.2, 0.25) is 0 Å². The Morgan fingerprint density at radius 2 is 1.68 bits per heavy atom. The maximum atomic E-state index is 12.0. The standard InChI is InChI=1S/C19H30O3S3/c1-3-5-6-7-8-9-14-22-25(20)16-18-12-10-17(11-13-18)15-24-19(23)21-4-2/h10-13H,3-9,14-16H2,1-2H3. The number of unbranched alkanes of at least 4 members (excludes halogenated alkanes) is 5. The molecule has 1 rings (SSSR count). The van der Waals surface area contributed by atoms with Crippen molar-refractivity contribution in [3.8, 4) is 0 Å². The summed E-state index contributed by atoms with van der Waals surface area (Å²) >= 11 is 5.37. The fourth-order valence-electron chi connectivity index (χ4n) is 2.25. The Hall–Kier alpha value is -0.430. The first kappa shape index (κ1) is 22.6. The fraction of sp³-hybridized carbons (Fsp3) is 0.632. The van der Waals surface area contributed by atoms with Gasteiger partial charge >= 0.3 is 0 Å². The van der Waals surface area contributed by atoms with Crippen molar-refractivity contribution in [1.29, 1.82) is 0 Å². The van der Waals surface area contributed by atoms with Gasteiger partial charge in [0.2, 0.25) is 4.38 Å². The van der Waals surface area contributed by atoms with Crippen LogP contribution in [0.1, 0.15) is 63.5 Å². The minimum Gasteiger partial charge on any atom is -0.479 e. The lowest BCUT2D eigenvalue weighted by molar-refractivity contribution is 0.331. The molecule has 0 heterocycles. The predicted molar refractivity (Wildman–Crippen MR) is 113 cm³/mol. The Morgan fingerprint density at radius 3 is 2.36 bits per heavy atom. The highest BCUT2D eigenvalue weighted by molar-refractivity contribution is 8.22. The zero-order valence-electron chi connectivity index (χ0n) is 15.3. The van der Waals surface area contributed by atoms with Crippen molar-refractivity contribution in [3.05, 3.63) is 35.4 Å². The summed E-state index contributed by atoms with van der Waals surface area (Å²) in [6.07, 6.45) is 7.25. The number of rotatable bonds is 13. The van der Waals surface area contributed by atoms with Gasteiger partial charge in [-0.05, 0) is 36.7 Å². The maximum absolute atomic E-state index is 12.0. The van der Waals surface area contributed by atoms with Gasteiger partial charge in [0, 0.05) is 5.75 Å². The number of thioether (sulfide) groups is 1. The Bertz CT molecular complexity index is 503. The highest BCUT2D eigenvalue weighted by Gasteiger charge is 2.04. The summed E-state index contributed by atoms with van der Waals surface area (Å²) in [6.45, 7) is 5.33. The summed E-state index contributed by atoms with van der Waals surface area (Å²) in [5.41, 5.74) is 2.21. The van der Waals surface area contributed by atoms with Crippen LogP contribution < -0.4 is 0 Å². The second-order valence-corrected chi connectivity index (χ2v) is 8.54. The summed E-state index contributed by atoms with van der Waals surface area (Å²) < 4.78 is 23.2. The molecule has 0 aliphatic rings. The van der Waals surface area contributed by atoms with Gasteiger partial charge in [-0.2, -0.15) is 0 Å². The first-order valence-corrected chi connectivity index (χ1v) is 11.7. The van der Waals surface area contributed by atoms with Gasteiger partial charge in [0.1, 0.15) is 0 Å². The van der Waals surface area contributed by atoms with E-state index in [9.17, 15) is 4.21 Å². The first-order valence-electron chi connectivity index (χ1n) is 9.04. The van der Waals surface area contributed by atoms with Crippen LogP contribution in [0.5, 0.6) is 0 Å². The van der Waals surface area contributed by atoms with Gasteiger partial charge in [0.25, 0.3) is 0 Å². The monoisotopic (exact) mass is 402 g/mol. The van der Waals surface area contributed by atoms with Crippen LogP contribution in [-0.2, 0) is 31.5 Å². The van der Waals surface area contributed by atoms with Crippen molar-refractivity contribution in [2.75, 3.05) is 13.2 Å². The summed E-state index contributed by atoms with van der Waals surface area (Å²) in [7, 11) is 0. The van der Waals surface area contributed by atoms with E-state index < -0.39 is 11.1 Å². The number of ether oxygens (including phenoxy) is 1. The molecule has 25 heavy (non-hydrogen) atoms. The topological polar surface area (TPSA) is 35.5 Å². The third-order valence-corrected chi connectivity index (χ3v) is 5.94. The number of hydrogen-bond acceptors (Lipinski definition) is 5. The minimum absolute atomic E-state index is 0.445. The van der Waals surface area contributed by atoms with Gasteiger partial charge < -0.3 is 4.74 Å². The van der Waals surface area contributed by atoms with Crippen molar-refractivity contribution in [1.82, 2.24) is 0 Å². The van der Waals surface area contributed by atoms with Gasteiger partial charge in [-0.3, -0.25) is 4.18 Å². The zero-order chi connectivity index (χ0) is 18.3. The Kier molecular flexibility index (Phi) is 13.3. The molecular weight excluding hydrogens is 372 g/mol. The van der Waals surface area contributed by atoms with E-state index in [0.717, 1.165) is 24.2 Å². The van der Waals surface area contributed by atoms with Crippen LogP contribution in [0, 0.1) is 0 Å². The molecule has 6 heteroatoms. The molecule has 0 N–H and O–H groups in total. The van der Waals surface area contributed by atoms with E-state index in [0.29, 0.717) is 23.3 Å². The Morgan fingerprint density at radius 1 is 1.04 bits per heavy atom. The van der Waals surface area contributed by atoms with E-state index in [4.69, 9.17) is 21.1 Å². The van der Waals surface area contributed by atoms with E-state index in [1.807, 2.05) is 31.2 Å². The zero-order valence-corrected chi connectivity index (χ0v) is 17.8. The Balaban J connectivity index is 2.19. The molecule has 1 atom stereocenters. The lowest BCUT2D eigenvalue weighted by Crippen LogP contribution is -2.02. The average molecular weight is 403 g/mol. The van der Waals surface area contributed by atoms with Crippen molar-refractivity contribution in [2.24, 2.45) is 0 Å². The summed E-state index contributed by atoms with van der Waals surface area (Å²) in [5.74, 6) is 1.23. The lowest BCUT2D eigenvalue weighted by atomic mass is 10.1. The Labute approximate surface area is 164 Å². The molecule has 0 saturated heterocycles. The quantitative estimate of drug-likeness (QED) is 0.309. The summed E-state index contributed by atoms with van der Waals surface area (Å²) in [5, 5.41) is 0. The van der Waals surface area contributed by atoms with E-state index in [1.165, 1.54) is 43.0 Å². The molecule has 0 aliphatic carbocycles. The molecule has 0 aliphatic heterocycles. The van der Waals surface area contributed by atoms with Gasteiger partial charge in [-0.25, -0.2) is 4.21 Å². The van der Waals surface area contributed by atoms with Crippen LogP contribution in [-0.4, -0.2) is 21.8 Å². The molecular formula is C19H30O3S3. The van der Waals surface area contributed by atoms with E-state index in [-0.39, 0.29) is 0 Å². The SMILES string of the molecule is CCCCCCCCOS(=O)Cc1ccc(CSC(=S)OCC)cc1. The van der Waals surface area contributed by atoms with Crippen molar-refractivity contribution < 1.29 is 13.1 Å². The average Bonchev–Trinajstić information content (AvgIpc) is 2.60. The summed E-state index contributed by atoms with van der Waals surface area (Å²) in [6, 6.07) is 8.10. The molecule has 1 aromatic carbocycles. The van der Waals surface area contributed by atoms with Crippen molar-refractivity contribution >= 4 is 39.4 Å². The number of benzene rings is 1. The van der Waals surface area contributed by atoms with Crippen LogP contribution in [0.25, 0.3) is 0 Å². The van der Waals surface area contributed by atoms with Gasteiger partial charge in [-0.15, -0.1) is 0 Å². The van der Waals surface area contributed by atoms with E-state index >= 15 is 0 Å². The van der Waals surface area contributed by atoms with E-state index in [2.05, 4.69) is 6.92 Å². The van der Waals surface area contributed by atoms with Crippen molar-refractivity contribution in [2.45, 2.75) is 63.9 Å². The van der Waals surface area contributed by atoms with Gasteiger partial charge in [0.05, 0.1) is 19.0 Å². The highest BCUT2D eigenvalue weighted by Crippen LogP contribution is 2.16. The maximum Gasteiger partial charge on any atom is 0.220 e. The molecule has 0 spiro atoms. The molecule has 142 valence electrons. The van der Waals surface area contributed by atoms with Crippen LogP contribution in [0.4, 0.5) is 0 Å². The van der Waals surface area contributed by atoms with Crippen LogP contribution in [0.15, 0.2) is 24.3 Å². The molecule has 3 nitrogen and oxygen atoms in total. The molecule has 0 radical (unpaired) electrons. The summed E-state index contributed by atoms with van der Waals surface area (Å²) in [4.78, 5) is 0. The third-order valence-electron chi connectivity index (χ3n) is 3.64. The normalized spacial score (nSPS) is 12.1. The second kappa shape index (κ2) is 14.7. The molecule has 0 bridgehead atoms. The fourth-order valence-corrected chi connectivity index (χ4v) is 4.07. The highest BCUT2D eigenvalue weighted by atomic mass is 32.2. The number of hydrogen-bond donors (Lipinski definition) is 0. The first-order chi connectivity index (χ1) is 12.2. The molecule has 0 saturated carbocycles. The third kappa shape index (κ3) is 11.7.